The Morgan fingerprint density at radius 2 is 1.95 bits per heavy atom. The number of rotatable bonds is 5. The molecule has 2 aromatic carbocycles. The number of carbonyl (C=O) groups excluding carboxylic acids is 1. The maximum absolute atomic E-state index is 13.6. The van der Waals surface area contributed by atoms with Crippen LogP contribution >= 0.6 is 11.8 Å². The Kier molecular flexibility index (Phi) is 5.61. The van der Waals surface area contributed by atoms with Gasteiger partial charge in [-0.05, 0) is 49.6 Å². The molecule has 4 heteroatoms. The van der Waals surface area contributed by atoms with Crippen LogP contribution in [0.25, 0.3) is 0 Å². The maximum Gasteiger partial charge on any atom is 0.237 e. The first kappa shape index (κ1) is 16.6. The van der Waals surface area contributed by atoms with Crippen LogP contribution in [0.15, 0.2) is 42.5 Å². The number of anilines is 1. The predicted molar refractivity (Wildman–Crippen MR) is 91.7 cm³/mol. The fraction of sp³-hybridized carbons (Fsp3) is 0.278. The van der Waals surface area contributed by atoms with Gasteiger partial charge in [-0.15, -0.1) is 11.8 Å². The molecule has 1 amide bonds. The van der Waals surface area contributed by atoms with Crippen molar-refractivity contribution >= 4 is 23.4 Å². The van der Waals surface area contributed by atoms with E-state index in [-0.39, 0.29) is 17.0 Å². The lowest BCUT2D eigenvalue weighted by Crippen LogP contribution is -2.23. The molecule has 2 aromatic rings. The number of aryl methyl sites for hydroxylation is 2. The number of thioether (sulfide) groups is 1. The van der Waals surface area contributed by atoms with Gasteiger partial charge < -0.3 is 5.32 Å². The van der Waals surface area contributed by atoms with Gasteiger partial charge in [-0.2, -0.15) is 0 Å². The summed E-state index contributed by atoms with van der Waals surface area (Å²) in [5, 5.41) is 2.70. The van der Waals surface area contributed by atoms with E-state index in [2.05, 4.69) is 5.32 Å². The number of carbonyl (C=O) groups is 1. The fourth-order valence-electron chi connectivity index (χ4n) is 2.01. The van der Waals surface area contributed by atoms with Crippen molar-refractivity contribution in [3.8, 4) is 0 Å². The lowest BCUT2D eigenvalue weighted by atomic mass is 10.1. The van der Waals surface area contributed by atoms with E-state index in [0.29, 0.717) is 11.3 Å². The molecule has 2 rings (SSSR count). The molecule has 0 aliphatic heterocycles. The molecule has 0 bridgehead atoms. The summed E-state index contributed by atoms with van der Waals surface area (Å²) >= 11 is 1.43. The van der Waals surface area contributed by atoms with Crippen LogP contribution in [-0.4, -0.2) is 11.2 Å². The van der Waals surface area contributed by atoms with E-state index in [9.17, 15) is 9.18 Å². The lowest BCUT2D eigenvalue weighted by Gasteiger charge is -2.14. The highest BCUT2D eigenvalue weighted by Gasteiger charge is 2.15. The minimum Gasteiger partial charge on any atom is -0.325 e. The van der Waals surface area contributed by atoms with E-state index < -0.39 is 0 Å². The first-order valence-corrected chi connectivity index (χ1v) is 8.25. The molecule has 0 aromatic heterocycles. The van der Waals surface area contributed by atoms with Crippen molar-refractivity contribution < 1.29 is 9.18 Å². The second kappa shape index (κ2) is 7.45. The monoisotopic (exact) mass is 317 g/mol. The van der Waals surface area contributed by atoms with Crippen LogP contribution in [0.5, 0.6) is 0 Å². The van der Waals surface area contributed by atoms with Crippen molar-refractivity contribution in [2.45, 2.75) is 31.8 Å². The van der Waals surface area contributed by atoms with Crippen LogP contribution in [0.1, 0.15) is 23.6 Å². The third kappa shape index (κ3) is 4.34. The third-order valence-corrected chi connectivity index (χ3v) is 4.66. The fourth-order valence-corrected chi connectivity index (χ4v) is 2.88. The summed E-state index contributed by atoms with van der Waals surface area (Å²) in [6.07, 6.45) is 0. The molecule has 22 heavy (non-hydrogen) atoms. The molecule has 0 aliphatic rings. The average Bonchev–Trinajstić information content (AvgIpc) is 2.49. The van der Waals surface area contributed by atoms with E-state index in [1.165, 1.54) is 17.8 Å². The molecule has 1 N–H and O–H groups in total. The van der Waals surface area contributed by atoms with E-state index in [0.717, 1.165) is 16.8 Å². The lowest BCUT2D eigenvalue weighted by molar-refractivity contribution is -0.115. The number of amides is 1. The van der Waals surface area contributed by atoms with Gasteiger partial charge in [0.2, 0.25) is 5.91 Å². The van der Waals surface area contributed by atoms with Gasteiger partial charge in [0.1, 0.15) is 5.82 Å². The Bertz CT molecular complexity index is 672. The SMILES string of the molecule is Cc1ccc(C)c(NC(=O)C(C)SCc2ccccc2F)c1. The van der Waals surface area contributed by atoms with Gasteiger partial charge in [-0.3, -0.25) is 4.79 Å². The zero-order valence-corrected chi connectivity index (χ0v) is 13.8. The molecule has 0 saturated heterocycles. The molecular formula is C18H20FNOS. The number of halogens is 1. The van der Waals surface area contributed by atoms with Crippen molar-refractivity contribution in [1.82, 2.24) is 0 Å². The summed E-state index contributed by atoms with van der Waals surface area (Å²) < 4.78 is 13.6. The van der Waals surface area contributed by atoms with E-state index >= 15 is 0 Å². The van der Waals surface area contributed by atoms with Gasteiger partial charge in [0.15, 0.2) is 0 Å². The number of hydrogen-bond donors (Lipinski definition) is 1. The van der Waals surface area contributed by atoms with Gasteiger partial charge >= 0.3 is 0 Å². The molecule has 116 valence electrons. The van der Waals surface area contributed by atoms with Crippen molar-refractivity contribution in [2.24, 2.45) is 0 Å². The highest BCUT2D eigenvalue weighted by atomic mass is 32.2. The van der Waals surface area contributed by atoms with E-state index in [1.807, 2.05) is 39.0 Å². The summed E-state index contributed by atoms with van der Waals surface area (Å²) in [5.74, 6) is 0.195. The Morgan fingerprint density at radius 3 is 2.68 bits per heavy atom. The van der Waals surface area contributed by atoms with Crippen LogP contribution in [0.4, 0.5) is 10.1 Å². The quantitative estimate of drug-likeness (QED) is 0.866. The number of hydrogen-bond acceptors (Lipinski definition) is 2. The molecule has 1 atom stereocenters. The largest absolute Gasteiger partial charge is 0.325 e. The zero-order valence-electron chi connectivity index (χ0n) is 13.0. The van der Waals surface area contributed by atoms with Crippen LogP contribution in [0, 0.1) is 19.7 Å². The molecule has 0 radical (unpaired) electrons. The van der Waals surface area contributed by atoms with Gasteiger partial charge in [0.05, 0.1) is 5.25 Å². The van der Waals surface area contributed by atoms with Crippen LogP contribution in [0.3, 0.4) is 0 Å². The predicted octanol–water partition coefficient (Wildman–Crippen LogP) is 4.70. The third-order valence-electron chi connectivity index (χ3n) is 3.47. The molecule has 1 unspecified atom stereocenters. The second-order valence-corrected chi connectivity index (χ2v) is 6.68. The first-order chi connectivity index (χ1) is 10.5. The second-order valence-electron chi connectivity index (χ2n) is 5.35. The van der Waals surface area contributed by atoms with Crippen LogP contribution in [0.2, 0.25) is 0 Å². The average molecular weight is 317 g/mol. The highest BCUT2D eigenvalue weighted by molar-refractivity contribution is 7.99. The van der Waals surface area contributed by atoms with Gasteiger partial charge in [-0.25, -0.2) is 4.39 Å². The summed E-state index contributed by atoms with van der Waals surface area (Å²) in [6.45, 7) is 5.80. The summed E-state index contributed by atoms with van der Waals surface area (Å²) in [4.78, 5) is 12.3. The molecule has 0 saturated carbocycles. The molecular weight excluding hydrogens is 297 g/mol. The van der Waals surface area contributed by atoms with Gasteiger partial charge in [0.25, 0.3) is 0 Å². The van der Waals surface area contributed by atoms with Gasteiger partial charge in [0, 0.05) is 11.4 Å². The molecule has 0 spiro atoms. The van der Waals surface area contributed by atoms with E-state index in [4.69, 9.17) is 0 Å². The minimum absolute atomic E-state index is 0.0601. The molecule has 0 fully saturated rings. The zero-order chi connectivity index (χ0) is 16.1. The maximum atomic E-state index is 13.6. The van der Waals surface area contributed by atoms with Crippen molar-refractivity contribution in [3.63, 3.8) is 0 Å². The molecule has 0 heterocycles. The molecule has 0 aliphatic carbocycles. The van der Waals surface area contributed by atoms with Crippen LogP contribution < -0.4 is 5.32 Å². The Labute approximate surface area is 135 Å². The summed E-state index contributed by atoms with van der Waals surface area (Å²) in [7, 11) is 0. The van der Waals surface area contributed by atoms with Crippen molar-refractivity contribution in [3.05, 3.63) is 65.0 Å². The smallest absolute Gasteiger partial charge is 0.237 e. The summed E-state index contributed by atoms with van der Waals surface area (Å²) in [6, 6.07) is 12.6. The van der Waals surface area contributed by atoms with Crippen molar-refractivity contribution in [1.29, 1.82) is 0 Å². The topological polar surface area (TPSA) is 29.1 Å². The molecule has 2 nitrogen and oxygen atoms in total. The Hall–Kier alpha value is -1.81. The van der Waals surface area contributed by atoms with Gasteiger partial charge in [-0.1, -0.05) is 30.3 Å². The number of benzene rings is 2. The normalized spacial score (nSPS) is 12.0. The van der Waals surface area contributed by atoms with E-state index in [1.54, 1.807) is 18.2 Å². The first-order valence-electron chi connectivity index (χ1n) is 7.20. The van der Waals surface area contributed by atoms with Crippen LogP contribution in [-0.2, 0) is 10.5 Å². The Morgan fingerprint density at radius 1 is 1.23 bits per heavy atom. The standard InChI is InChI=1S/C18H20FNOS/c1-12-8-9-13(2)17(10-12)20-18(21)14(3)22-11-15-6-4-5-7-16(15)19/h4-10,14H,11H2,1-3H3,(H,20,21). The minimum atomic E-state index is -0.250. The number of nitrogens with one attached hydrogen (secondary N) is 1. The highest BCUT2D eigenvalue weighted by Crippen LogP contribution is 2.22. The Balaban J connectivity index is 1.95. The summed E-state index contributed by atoms with van der Waals surface area (Å²) in [5.41, 5.74) is 3.60. The van der Waals surface area contributed by atoms with Crippen molar-refractivity contribution in [2.75, 3.05) is 5.32 Å².